The lowest BCUT2D eigenvalue weighted by Gasteiger charge is -2.20. The number of nitro benzene ring substituents is 1. The molecule has 154 valence electrons. The third-order valence-corrected chi connectivity index (χ3v) is 4.48. The second kappa shape index (κ2) is 9.56. The number of hydrogen-bond donors (Lipinski definition) is 2. The smallest absolute Gasteiger partial charge is 0.293 e. The van der Waals surface area contributed by atoms with Crippen LogP contribution in [0.5, 0.6) is 5.75 Å². The van der Waals surface area contributed by atoms with Crippen molar-refractivity contribution in [3.05, 3.63) is 94.0 Å². The number of amides is 1. The van der Waals surface area contributed by atoms with E-state index in [0.717, 1.165) is 22.6 Å². The molecule has 3 rings (SSSR count). The Bertz CT molecular complexity index is 1020. The average Bonchev–Trinajstić information content (AvgIpc) is 2.75. The van der Waals surface area contributed by atoms with E-state index < -0.39 is 16.9 Å². The Morgan fingerprint density at radius 1 is 1.07 bits per heavy atom. The SMILES string of the molecule is CCOc1ccc(NC(C(=O)Nc2ccc(C)cc2[N+](=O)[O-])c2ccccc2)cc1. The van der Waals surface area contributed by atoms with E-state index in [2.05, 4.69) is 10.6 Å². The molecule has 0 fully saturated rings. The first-order valence-electron chi connectivity index (χ1n) is 9.58. The highest BCUT2D eigenvalue weighted by Crippen LogP contribution is 2.28. The van der Waals surface area contributed by atoms with E-state index in [4.69, 9.17) is 4.74 Å². The summed E-state index contributed by atoms with van der Waals surface area (Å²) in [5.41, 5.74) is 2.22. The van der Waals surface area contributed by atoms with Crippen LogP contribution in [0.2, 0.25) is 0 Å². The van der Waals surface area contributed by atoms with Crippen molar-refractivity contribution in [2.75, 3.05) is 17.2 Å². The molecule has 1 amide bonds. The number of rotatable bonds is 8. The molecular formula is C23H23N3O4. The van der Waals surface area contributed by atoms with Gasteiger partial charge >= 0.3 is 0 Å². The summed E-state index contributed by atoms with van der Waals surface area (Å²) < 4.78 is 5.45. The number of nitrogens with zero attached hydrogens (tertiary/aromatic N) is 1. The fourth-order valence-electron chi connectivity index (χ4n) is 3.03. The van der Waals surface area contributed by atoms with E-state index in [9.17, 15) is 14.9 Å². The van der Waals surface area contributed by atoms with Gasteiger partial charge in [-0.25, -0.2) is 0 Å². The van der Waals surface area contributed by atoms with Gasteiger partial charge in [0.05, 0.1) is 11.5 Å². The second-order valence-corrected chi connectivity index (χ2v) is 6.71. The minimum Gasteiger partial charge on any atom is -0.494 e. The number of anilines is 2. The fourth-order valence-corrected chi connectivity index (χ4v) is 3.03. The molecule has 0 saturated heterocycles. The Hall–Kier alpha value is -3.87. The number of nitro groups is 1. The van der Waals surface area contributed by atoms with Crippen molar-refractivity contribution >= 4 is 23.0 Å². The van der Waals surface area contributed by atoms with Gasteiger partial charge in [0, 0.05) is 11.8 Å². The maximum absolute atomic E-state index is 13.1. The predicted octanol–water partition coefficient (Wildman–Crippen LogP) is 5.09. The first-order chi connectivity index (χ1) is 14.5. The van der Waals surface area contributed by atoms with Gasteiger partial charge in [-0.2, -0.15) is 0 Å². The van der Waals surface area contributed by atoms with E-state index in [1.807, 2.05) is 61.5 Å². The maximum Gasteiger partial charge on any atom is 0.293 e. The highest BCUT2D eigenvalue weighted by atomic mass is 16.6. The van der Waals surface area contributed by atoms with Gasteiger partial charge < -0.3 is 15.4 Å². The maximum atomic E-state index is 13.1. The van der Waals surface area contributed by atoms with E-state index in [1.54, 1.807) is 19.1 Å². The lowest BCUT2D eigenvalue weighted by atomic mass is 10.1. The summed E-state index contributed by atoms with van der Waals surface area (Å²) in [4.78, 5) is 24.0. The van der Waals surface area contributed by atoms with Crippen molar-refractivity contribution in [1.29, 1.82) is 0 Å². The Morgan fingerprint density at radius 2 is 1.77 bits per heavy atom. The molecule has 0 spiro atoms. The van der Waals surface area contributed by atoms with Crippen LogP contribution in [0.1, 0.15) is 24.1 Å². The van der Waals surface area contributed by atoms with Gasteiger partial charge in [-0.1, -0.05) is 36.4 Å². The van der Waals surface area contributed by atoms with Crippen molar-refractivity contribution in [3.8, 4) is 5.75 Å². The van der Waals surface area contributed by atoms with E-state index >= 15 is 0 Å². The van der Waals surface area contributed by atoms with Crippen LogP contribution in [-0.4, -0.2) is 17.4 Å². The molecule has 0 aromatic heterocycles. The monoisotopic (exact) mass is 405 g/mol. The lowest BCUT2D eigenvalue weighted by molar-refractivity contribution is -0.384. The zero-order valence-corrected chi connectivity index (χ0v) is 16.8. The molecule has 3 aromatic rings. The summed E-state index contributed by atoms with van der Waals surface area (Å²) in [7, 11) is 0. The molecule has 0 aliphatic rings. The van der Waals surface area contributed by atoms with Gasteiger partial charge in [-0.3, -0.25) is 14.9 Å². The molecule has 3 aromatic carbocycles. The Balaban J connectivity index is 1.87. The van der Waals surface area contributed by atoms with Crippen molar-refractivity contribution in [1.82, 2.24) is 0 Å². The molecular weight excluding hydrogens is 382 g/mol. The standard InChI is InChI=1S/C23H23N3O4/c1-3-30-19-12-10-18(11-13-19)24-22(17-7-5-4-6-8-17)23(27)25-20-14-9-16(2)15-21(20)26(28)29/h4-15,22,24H,3H2,1-2H3,(H,25,27). The molecule has 0 radical (unpaired) electrons. The topological polar surface area (TPSA) is 93.5 Å². The molecule has 7 nitrogen and oxygen atoms in total. The van der Waals surface area contributed by atoms with Crippen molar-refractivity contribution in [2.24, 2.45) is 0 Å². The quantitative estimate of drug-likeness (QED) is 0.402. The van der Waals surface area contributed by atoms with Crippen molar-refractivity contribution in [3.63, 3.8) is 0 Å². The van der Waals surface area contributed by atoms with Gasteiger partial charge in [-0.15, -0.1) is 0 Å². The number of ether oxygens (including phenoxy) is 1. The van der Waals surface area contributed by atoms with Gasteiger partial charge in [-0.05, 0) is 55.3 Å². The van der Waals surface area contributed by atoms with Crippen LogP contribution < -0.4 is 15.4 Å². The third kappa shape index (κ3) is 5.14. The molecule has 1 atom stereocenters. The minimum atomic E-state index is -0.745. The molecule has 0 aliphatic carbocycles. The zero-order chi connectivity index (χ0) is 21.5. The van der Waals surface area contributed by atoms with Crippen LogP contribution in [-0.2, 0) is 4.79 Å². The molecule has 0 saturated carbocycles. The van der Waals surface area contributed by atoms with Crippen LogP contribution >= 0.6 is 0 Å². The Kier molecular flexibility index (Phi) is 6.64. The van der Waals surface area contributed by atoms with Crippen LogP contribution in [0, 0.1) is 17.0 Å². The Labute approximate surface area is 174 Å². The van der Waals surface area contributed by atoms with Crippen LogP contribution in [0.25, 0.3) is 0 Å². The molecule has 0 aliphatic heterocycles. The molecule has 0 heterocycles. The summed E-state index contributed by atoms with van der Waals surface area (Å²) >= 11 is 0. The van der Waals surface area contributed by atoms with Gasteiger partial charge in [0.2, 0.25) is 0 Å². The summed E-state index contributed by atoms with van der Waals surface area (Å²) in [5, 5.41) is 17.3. The third-order valence-electron chi connectivity index (χ3n) is 4.48. The lowest BCUT2D eigenvalue weighted by Crippen LogP contribution is -2.27. The summed E-state index contributed by atoms with van der Waals surface area (Å²) in [6, 6.07) is 20.4. The number of benzene rings is 3. The number of carbonyl (C=O) groups is 1. The van der Waals surface area contributed by atoms with Gasteiger partial charge in [0.1, 0.15) is 17.5 Å². The molecule has 7 heteroatoms. The molecule has 1 unspecified atom stereocenters. The minimum absolute atomic E-state index is 0.142. The van der Waals surface area contributed by atoms with E-state index in [1.165, 1.54) is 6.07 Å². The molecule has 2 N–H and O–H groups in total. The highest BCUT2D eigenvalue weighted by Gasteiger charge is 2.24. The number of nitrogens with one attached hydrogen (secondary N) is 2. The first kappa shape index (κ1) is 20.9. The summed E-state index contributed by atoms with van der Waals surface area (Å²) in [5.74, 6) is 0.334. The first-order valence-corrected chi connectivity index (χ1v) is 9.58. The van der Waals surface area contributed by atoms with Crippen LogP contribution in [0.4, 0.5) is 17.1 Å². The highest BCUT2D eigenvalue weighted by molar-refractivity contribution is 5.99. The number of carbonyl (C=O) groups excluding carboxylic acids is 1. The van der Waals surface area contributed by atoms with Crippen molar-refractivity contribution < 1.29 is 14.5 Å². The Morgan fingerprint density at radius 3 is 2.40 bits per heavy atom. The van der Waals surface area contributed by atoms with Gasteiger partial charge in [0.15, 0.2) is 0 Å². The van der Waals surface area contributed by atoms with Gasteiger partial charge in [0.25, 0.3) is 11.6 Å². The van der Waals surface area contributed by atoms with E-state index in [-0.39, 0.29) is 11.4 Å². The largest absolute Gasteiger partial charge is 0.494 e. The van der Waals surface area contributed by atoms with Crippen LogP contribution in [0.3, 0.4) is 0 Å². The number of aryl methyl sites for hydroxylation is 1. The normalized spacial score (nSPS) is 11.4. The van der Waals surface area contributed by atoms with Crippen LogP contribution in [0.15, 0.2) is 72.8 Å². The molecule has 30 heavy (non-hydrogen) atoms. The second-order valence-electron chi connectivity index (χ2n) is 6.71. The zero-order valence-electron chi connectivity index (χ0n) is 16.8. The average molecular weight is 405 g/mol. The fraction of sp³-hybridized carbons (Fsp3) is 0.174. The summed E-state index contributed by atoms with van der Waals surface area (Å²) in [6.45, 7) is 4.24. The molecule has 0 bridgehead atoms. The van der Waals surface area contributed by atoms with E-state index in [0.29, 0.717) is 6.61 Å². The van der Waals surface area contributed by atoms with Crippen molar-refractivity contribution in [2.45, 2.75) is 19.9 Å². The predicted molar refractivity (Wildman–Crippen MR) is 117 cm³/mol. The number of hydrogen-bond acceptors (Lipinski definition) is 5. The summed E-state index contributed by atoms with van der Waals surface area (Å²) in [6.07, 6.45) is 0.